The Balaban J connectivity index is 1.74. The van der Waals surface area contributed by atoms with Gasteiger partial charge in [0, 0.05) is 31.9 Å². The third-order valence-electron chi connectivity index (χ3n) is 3.58. The molecule has 2 heterocycles. The number of hydrogen-bond donors (Lipinski definition) is 0. The van der Waals surface area contributed by atoms with Crippen LogP contribution in [0.25, 0.3) is 11.3 Å². The van der Waals surface area contributed by atoms with E-state index in [1.165, 1.54) is 5.56 Å². The van der Waals surface area contributed by atoms with Crippen molar-refractivity contribution in [1.82, 2.24) is 19.8 Å². The van der Waals surface area contributed by atoms with E-state index in [2.05, 4.69) is 10.3 Å². The number of carbonyl (C=O) groups excluding carboxylic acids is 1. The summed E-state index contributed by atoms with van der Waals surface area (Å²) in [6.45, 7) is 2.44. The first-order valence-electron chi connectivity index (χ1n) is 7.30. The molecule has 6 nitrogen and oxygen atoms in total. The first kappa shape index (κ1) is 15.0. The number of benzene rings is 1. The Labute approximate surface area is 134 Å². The number of rotatable bonds is 4. The van der Waals surface area contributed by atoms with E-state index in [0.29, 0.717) is 18.0 Å². The maximum Gasteiger partial charge on any atom is 0.276 e. The quantitative estimate of drug-likeness (QED) is 0.743. The third-order valence-corrected chi connectivity index (χ3v) is 3.58. The Morgan fingerprint density at radius 3 is 2.65 bits per heavy atom. The highest BCUT2D eigenvalue weighted by molar-refractivity contribution is 5.92. The maximum atomic E-state index is 12.4. The van der Waals surface area contributed by atoms with Gasteiger partial charge in [-0.3, -0.25) is 9.48 Å². The van der Waals surface area contributed by atoms with E-state index in [-0.39, 0.29) is 5.91 Å². The van der Waals surface area contributed by atoms with Gasteiger partial charge in [0.2, 0.25) is 0 Å². The minimum Gasteiger partial charge on any atom is -0.355 e. The summed E-state index contributed by atoms with van der Waals surface area (Å²) in [5, 5.41) is 8.16. The van der Waals surface area contributed by atoms with Crippen LogP contribution in [0.3, 0.4) is 0 Å². The molecule has 0 aliphatic rings. The lowest BCUT2D eigenvalue weighted by Gasteiger charge is -2.13. The molecule has 0 saturated carbocycles. The highest BCUT2D eigenvalue weighted by Crippen LogP contribution is 2.21. The molecule has 118 valence electrons. The van der Waals surface area contributed by atoms with Crippen molar-refractivity contribution in [2.75, 3.05) is 7.05 Å². The fourth-order valence-electron chi connectivity index (χ4n) is 2.29. The number of hydrogen-bond acceptors (Lipinski definition) is 4. The lowest BCUT2D eigenvalue weighted by molar-refractivity contribution is 0.0773. The number of carbonyl (C=O) groups is 1. The van der Waals surface area contributed by atoms with Crippen LogP contribution in [0.2, 0.25) is 0 Å². The minimum atomic E-state index is -0.197. The summed E-state index contributed by atoms with van der Waals surface area (Å²) in [7, 11) is 3.56. The van der Waals surface area contributed by atoms with Gasteiger partial charge in [0.05, 0.1) is 12.2 Å². The third kappa shape index (κ3) is 3.31. The maximum absolute atomic E-state index is 12.4. The summed E-state index contributed by atoms with van der Waals surface area (Å²) in [5.41, 5.74) is 3.18. The van der Waals surface area contributed by atoms with E-state index in [9.17, 15) is 4.79 Å². The monoisotopic (exact) mass is 310 g/mol. The fourth-order valence-corrected chi connectivity index (χ4v) is 2.29. The van der Waals surface area contributed by atoms with Gasteiger partial charge in [-0.1, -0.05) is 35.0 Å². The van der Waals surface area contributed by atoms with Gasteiger partial charge < -0.3 is 9.42 Å². The number of aromatic nitrogens is 3. The van der Waals surface area contributed by atoms with Crippen molar-refractivity contribution in [3.8, 4) is 11.3 Å². The Kier molecular flexibility index (Phi) is 3.97. The van der Waals surface area contributed by atoms with Crippen LogP contribution in [0.5, 0.6) is 0 Å². The van der Waals surface area contributed by atoms with Crippen molar-refractivity contribution >= 4 is 5.91 Å². The molecule has 0 spiro atoms. The number of amides is 1. The first-order chi connectivity index (χ1) is 11.0. The molecule has 6 heteroatoms. The van der Waals surface area contributed by atoms with Gasteiger partial charge in [0.15, 0.2) is 11.5 Å². The molecule has 2 aromatic heterocycles. The standard InChI is InChI=1S/C17H18N4O2/c1-12-4-6-13(7-5-12)16-10-15(19-23-16)17(22)20(2)11-14-8-9-21(3)18-14/h4-10H,11H2,1-3H3. The zero-order valence-electron chi connectivity index (χ0n) is 13.4. The molecule has 0 aliphatic heterocycles. The summed E-state index contributed by atoms with van der Waals surface area (Å²) in [6.07, 6.45) is 1.85. The van der Waals surface area contributed by atoms with Gasteiger partial charge in [-0.25, -0.2) is 0 Å². The molecule has 0 bridgehead atoms. The van der Waals surface area contributed by atoms with E-state index in [1.54, 1.807) is 22.7 Å². The molecule has 0 aliphatic carbocycles. The van der Waals surface area contributed by atoms with Crippen LogP contribution in [-0.2, 0) is 13.6 Å². The van der Waals surface area contributed by atoms with Gasteiger partial charge in [0.25, 0.3) is 5.91 Å². The molecule has 0 atom stereocenters. The summed E-state index contributed by atoms with van der Waals surface area (Å²) < 4.78 is 7.01. The van der Waals surface area contributed by atoms with Gasteiger partial charge in [-0.05, 0) is 13.0 Å². The number of nitrogens with zero attached hydrogens (tertiary/aromatic N) is 4. The van der Waals surface area contributed by atoms with Crippen LogP contribution < -0.4 is 0 Å². The second-order valence-electron chi connectivity index (χ2n) is 5.58. The summed E-state index contributed by atoms with van der Waals surface area (Å²) >= 11 is 0. The van der Waals surface area contributed by atoms with Gasteiger partial charge in [0.1, 0.15) is 0 Å². The predicted octanol–water partition coefficient (Wildman–Crippen LogP) is 2.66. The van der Waals surface area contributed by atoms with Crippen molar-refractivity contribution in [2.24, 2.45) is 7.05 Å². The summed E-state index contributed by atoms with van der Waals surface area (Å²) in [5.74, 6) is 0.386. The SMILES string of the molecule is Cc1ccc(-c2cc(C(=O)N(C)Cc3ccn(C)n3)no2)cc1. The van der Waals surface area contributed by atoms with Crippen LogP contribution in [0.15, 0.2) is 47.1 Å². The average molecular weight is 310 g/mol. The minimum absolute atomic E-state index is 0.197. The second kappa shape index (κ2) is 6.08. The Morgan fingerprint density at radius 2 is 2.00 bits per heavy atom. The average Bonchev–Trinajstić information content (AvgIpc) is 3.16. The zero-order chi connectivity index (χ0) is 16.4. The van der Waals surface area contributed by atoms with E-state index in [0.717, 1.165) is 11.3 Å². The van der Waals surface area contributed by atoms with Crippen LogP contribution in [0.1, 0.15) is 21.7 Å². The van der Waals surface area contributed by atoms with Crippen molar-refractivity contribution in [2.45, 2.75) is 13.5 Å². The van der Waals surface area contributed by atoms with Crippen LogP contribution >= 0.6 is 0 Å². The van der Waals surface area contributed by atoms with E-state index in [1.807, 2.05) is 50.5 Å². The van der Waals surface area contributed by atoms with E-state index in [4.69, 9.17) is 4.52 Å². The smallest absolute Gasteiger partial charge is 0.276 e. The first-order valence-corrected chi connectivity index (χ1v) is 7.30. The Bertz CT molecular complexity index is 817. The molecule has 0 saturated heterocycles. The molecule has 0 unspecified atom stereocenters. The number of aryl methyl sites for hydroxylation is 2. The zero-order valence-corrected chi connectivity index (χ0v) is 13.4. The fraction of sp³-hybridized carbons (Fsp3) is 0.235. The van der Waals surface area contributed by atoms with Crippen molar-refractivity contribution in [1.29, 1.82) is 0 Å². The lowest BCUT2D eigenvalue weighted by atomic mass is 10.1. The molecule has 23 heavy (non-hydrogen) atoms. The summed E-state index contributed by atoms with van der Waals surface area (Å²) in [4.78, 5) is 14.0. The Hall–Kier alpha value is -2.89. The molecule has 1 aromatic carbocycles. The van der Waals surface area contributed by atoms with E-state index >= 15 is 0 Å². The molecule has 3 aromatic rings. The van der Waals surface area contributed by atoms with Crippen molar-refractivity contribution in [3.05, 3.63) is 59.5 Å². The summed E-state index contributed by atoms with van der Waals surface area (Å²) in [6, 6.07) is 11.4. The molecule has 3 rings (SSSR count). The molecule has 0 radical (unpaired) electrons. The van der Waals surface area contributed by atoms with Crippen LogP contribution in [-0.4, -0.2) is 32.8 Å². The Morgan fingerprint density at radius 1 is 1.26 bits per heavy atom. The van der Waals surface area contributed by atoms with Crippen LogP contribution in [0, 0.1) is 6.92 Å². The normalized spacial score (nSPS) is 10.7. The topological polar surface area (TPSA) is 64.2 Å². The molecular weight excluding hydrogens is 292 g/mol. The van der Waals surface area contributed by atoms with Gasteiger partial charge in [-0.15, -0.1) is 0 Å². The second-order valence-corrected chi connectivity index (χ2v) is 5.58. The molecule has 0 N–H and O–H groups in total. The largest absolute Gasteiger partial charge is 0.355 e. The van der Waals surface area contributed by atoms with Crippen molar-refractivity contribution in [3.63, 3.8) is 0 Å². The van der Waals surface area contributed by atoms with E-state index < -0.39 is 0 Å². The van der Waals surface area contributed by atoms with Crippen LogP contribution in [0.4, 0.5) is 0 Å². The predicted molar refractivity (Wildman–Crippen MR) is 85.7 cm³/mol. The van der Waals surface area contributed by atoms with Gasteiger partial charge in [-0.2, -0.15) is 5.10 Å². The molecular formula is C17H18N4O2. The molecule has 0 fully saturated rings. The lowest BCUT2D eigenvalue weighted by Crippen LogP contribution is -2.26. The molecule has 1 amide bonds. The van der Waals surface area contributed by atoms with Crippen molar-refractivity contribution < 1.29 is 9.32 Å². The highest BCUT2D eigenvalue weighted by Gasteiger charge is 2.18. The van der Waals surface area contributed by atoms with Gasteiger partial charge >= 0.3 is 0 Å². The highest BCUT2D eigenvalue weighted by atomic mass is 16.5.